The molecule has 0 saturated carbocycles. The topological polar surface area (TPSA) is 51.5 Å². The van der Waals surface area contributed by atoms with Gasteiger partial charge in [0.05, 0.1) is 0 Å². The Morgan fingerprint density at radius 3 is 2.37 bits per heavy atom. The summed E-state index contributed by atoms with van der Waals surface area (Å²) in [6.07, 6.45) is -5.59. The predicted octanol–water partition coefficient (Wildman–Crippen LogP) is 6.37. The lowest BCUT2D eigenvalue weighted by Crippen LogP contribution is -2.15. The van der Waals surface area contributed by atoms with Gasteiger partial charge in [-0.3, -0.25) is 5.32 Å². The maximum absolute atomic E-state index is 13.2. The molecule has 1 amide bonds. The summed E-state index contributed by atoms with van der Waals surface area (Å²) < 4.78 is 49.6. The molecule has 0 unspecified atom stereocenters. The van der Waals surface area contributed by atoms with Gasteiger partial charge in [0.15, 0.2) is 0 Å². The number of nitrogens with one attached hydrogen (secondary N) is 1. The van der Waals surface area contributed by atoms with Gasteiger partial charge in [-0.2, -0.15) is 13.2 Å². The first-order valence-corrected chi connectivity index (χ1v) is 8.15. The standard InChI is InChI=1S/C19H13ClF3NO3/c20-14-8-6-12(7-9-14)16-10-13(17(27-16)19(21,22)23)11-26-18(25)24-15-4-2-1-3-5-15/h1-10H,11H2,(H,24,25). The van der Waals surface area contributed by atoms with Crippen molar-refractivity contribution in [1.82, 2.24) is 0 Å². The van der Waals surface area contributed by atoms with Gasteiger partial charge in [0.1, 0.15) is 12.4 Å². The van der Waals surface area contributed by atoms with Crippen LogP contribution in [0.15, 0.2) is 65.1 Å². The number of hydrogen-bond donors (Lipinski definition) is 1. The molecule has 4 nitrogen and oxygen atoms in total. The van der Waals surface area contributed by atoms with Crippen molar-refractivity contribution in [2.24, 2.45) is 0 Å². The molecule has 0 saturated heterocycles. The third kappa shape index (κ3) is 4.83. The number of amides is 1. The molecule has 2 aromatic carbocycles. The minimum absolute atomic E-state index is 0.000981. The molecular formula is C19H13ClF3NO3. The van der Waals surface area contributed by atoms with Crippen molar-refractivity contribution in [3.8, 4) is 11.3 Å². The number of para-hydroxylation sites is 1. The Labute approximate surface area is 157 Å². The number of anilines is 1. The summed E-state index contributed by atoms with van der Waals surface area (Å²) in [5, 5.41) is 2.87. The van der Waals surface area contributed by atoms with E-state index in [0.717, 1.165) is 0 Å². The summed E-state index contributed by atoms with van der Waals surface area (Å²) in [5.74, 6) is -1.21. The monoisotopic (exact) mass is 395 g/mol. The second-order valence-corrected chi connectivity index (χ2v) is 5.97. The Balaban J connectivity index is 1.77. The number of carbonyl (C=O) groups excluding carboxylic acids is 1. The normalized spacial score (nSPS) is 11.3. The highest BCUT2D eigenvalue weighted by Gasteiger charge is 2.38. The predicted molar refractivity (Wildman–Crippen MR) is 94.4 cm³/mol. The average Bonchev–Trinajstić information content (AvgIpc) is 3.06. The van der Waals surface area contributed by atoms with Gasteiger partial charge < -0.3 is 9.15 Å². The van der Waals surface area contributed by atoms with Gasteiger partial charge >= 0.3 is 12.3 Å². The first-order valence-electron chi connectivity index (χ1n) is 7.77. The van der Waals surface area contributed by atoms with Crippen LogP contribution in [-0.2, 0) is 17.5 Å². The van der Waals surface area contributed by atoms with E-state index >= 15 is 0 Å². The molecule has 0 aliphatic rings. The van der Waals surface area contributed by atoms with Crippen molar-refractivity contribution in [3.63, 3.8) is 0 Å². The van der Waals surface area contributed by atoms with E-state index in [1.165, 1.54) is 30.3 Å². The fourth-order valence-corrected chi connectivity index (χ4v) is 2.48. The highest BCUT2D eigenvalue weighted by Crippen LogP contribution is 2.37. The van der Waals surface area contributed by atoms with Crippen molar-refractivity contribution in [1.29, 1.82) is 0 Å². The molecule has 0 fully saturated rings. The van der Waals surface area contributed by atoms with Crippen LogP contribution in [0.1, 0.15) is 11.3 Å². The number of alkyl halides is 3. The zero-order valence-electron chi connectivity index (χ0n) is 13.7. The number of halogens is 4. The molecule has 0 aliphatic carbocycles. The van der Waals surface area contributed by atoms with Gasteiger partial charge in [-0.1, -0.05) is 29.8 Å². The summed E-state index contributed by atoms with van der Waals surface area (Å²) in [4.78, 5) is 11.8. The molecular weight excluding hydrogens is 383 g/mol. The van der Waals surface area contributed by atoms with E-state index < -0.39 is 24.6 Å². The summed E-state index contributed by atoms with van der Waals surface area (Å²) in [6, 6.07) is 15.8. The van der Waals surface area contributed by atoms with E-state index in [1.807, 2.05) is 0 Å². The Morgan fingerprint density at radius 1 is 1.07 bits per heavy atom. The number of benzene rings is 2. The zero-order valence-corrected chi connectivity index (χ0v) is 14.5. The smallest absolute Gasteiger partial charge is 0.449 e. The van der Waals surface area contributed by atoms with Gasteiger partial charge in [0.2, 0.25) is 5.76 Å². The molecule has 27 heavy (non-hydrogen) atoms. The first kappa shape index (κ1) is 18.8. The number of furan rings is 1. The molecule has 0 radical (unpaired) electrons. The van der Waals surface area contributed by atoms with Crippen LogP contribution in [-0.4, -0.2) is 6.09 Å². The number of hydrogen-bond acceptors (Lipinski definition) is 3. The second-order valence-electron chi connectivity index (χ2n) is 5.54. The van der Waals surface area contributed by atoms with Crippen molar-refractivity contribution in [2.75, 3.05) is 5.32 Å². The maximum Gasteiger partial charge on any atom is 0.449 e. The van der Waals surface area contributed by atoms with Gasteiger partial charge in [0, 0.05) is 21.8 Å². The molecule has 8 heteroatoms. The first-order chi connectivity index (χ1) is 12.8. The van der Waals surface area contributed by atoms with Crippen LogP contribution in [0, 0.1) is 0 Å². The van der Waals surface area contributed by atoms with Gasteiger partial charge in [-0.25, -0.2) is 4.79 Å². The SMILES string of the molecule is O=C(Nc1ccccc1)OCc1cc(-c2ccc(Cl)cc2)oc1C(F)(F)F. The Bertz CT molecular complexity index is 922. The van der Waals surface area contributed by atoms with E-state index in [0.29, 0.717) is 16.3 Å². The van der Waals surface area contributed by atoms with Crippen LogP contribution >= 0.6 is 11.6 Å². The van der Waals surface area contributed by atoms with Gasteiger partial charge in [0.25, 0.3) is 0 Å². The van der Waals surface area contributed by atoms with Crippen LogP contribution < -0.4 is 5.32 Å². The second kappa shape index (κ2) is 7.75. The van der Waals surface area contributed by atoms with E-state index in [1.54, 1.807) is 30.3 Å². The van der Waals surface area contributed by atoms with Crippen LogP contribution in [0.3, 0.4) is 0 Å². The average molecular weight is 396 g/mol. The summed E-state index contributed by atoms with van der Waals surface area (Å²) >= 11 is 5.78. The van der Waals surface area contributed by atoms with Crippen LogP contribution in [0.2, 0.25) is 5.02 Å². The molecule has 0 bridgehead atoms. The fourth-order valence-electron chi connectivity index (χ4n) is 2.35. The molecule has 3 rings (SSSR count). The largest absolute Gasteiger partial charge is 0.451 e. The minimum Gasteiger partial charge on any atom is -0.451 e. The summed E-state index contributed by atoms with van der Waals surface area (Å²) in [6.45, 7) is -0.593. The van der Waals surface area contributed by atoms with E-state index in [2.05, 4.69) is 5.32 Å². The molecule has 0 aliphatic heterocycles. The Kier molecular flexibility index (Phi) is 5.41. The highest BCUT2D eigenvalue weighted by molar-refractivity contribution is 6.30. The molecule has 0 spiro atoms. The molecule has 1 heterocycles. The zero-order chi connectivity index (χ0) is 19.4. The summed E-state index contributed by atoms with van der Waals surface area (Å²) in [7, 11) is 0. The number of ether oxygens (including phenoxy) is 1. The van der Waals surface area contributed by atoms with E-state index in [-0.39, 0.29) is 11.3 Å². The highest BCUT2D eigenvalue weighted by atomic mass is 35.5. The van der Waals surface area contributed by atoms with Crippen molar-refractivity contribution < 1.29 is 27.1 Å². The van der Waals surface area contributed by atoms with Crippen molar-refractivity contribution >= 4 is 23.4 Å². The molecule has 3 aromatic rings. The lowest BCUT2D eigenvalue weighted by molar-refractivity contribution is -0.153. The van der Waals surface area contributed by atoms with E-state index in [4.69, 9.17) is 20.8 Å². The Morgan fingerprint density at radius 2 is 1.74 bits per heavy atom. The molecule has 1 aromatic heterocycles. The van der Waals surface area contributed by atoms with Gasteiger partial charge in [-0.05, 0) is 42.5 Å². The van der Waals surface area contributed by atoms with Crippen molar-refractivity contribution in [2.45, 2.75) is 12.8 Å². The van der Waals surface area contributed by atoms with Crippen LogP contribution in [0.4, 0.5) is 23.7 Å². The third-order valence-corrected chi connectivity index (χ3v) is 3.83. The minimum atomic E-state index is -4.72. The maximum atomic E-state index is 13.2. The van der Waals surface area contributed by atoms with Gasteiger partial charge in [-0.15, -0.1) is 0 Å². The fraction of sp³-hybridized carbons (Fsp3) is 0.105. The van der Waals surface area contributed by atoms with E-state index in [9.17, 15) is 18.0 Å². The lowest BCUT2D eigenvalue weighted by atomic mass is 10.1. The molecule has 140 valence electrons. The van der Waals surface area contributed by atoms with Crippen molar-refractivity contribution in [3.05, 3.63) is 77.0 Å². The summed E-state index contributed by atoms with van der Waals surface area (Å²) in [5.41, 5.74) is 0.605. The Hall–Kier alpha value is -2.93. The number of rotatable bonds is 4. The lowest BCUT2D eigenvalue weighted by Gasteiger charge is -2.08. The third-order valence-electron chi connectivity index (χ3n) is 3.57. The molecule has 0 atom stereocenters. The molecule has 1 N–H and O–H groups in total. The quantitative estimate of drug-likeness (QED) is 0.558. The number of carbonyl (C=O) groups is 1. The van der Waals surface area contributed by atoms with Crippen LogP contribution in [0.5, 0.6) is 0 Å². The van der Waals surface area contributed by atoms with Crippen LogP contribution in [0.25, 0.3) is 11.3 Å².